The van der Waals surface area contributed by atoms with Gasteiger partial charge in [0.15, 0.2) is 5.69 Å². The summed E-state index contributed by atoms with van der Waals surface area (Å²) in [6.07, 6.45) is 5.29. The van der Waals surface area contributed by atoms with E-state index in [1.807, 2.05) is 0 Å². The van der Waals surface area contributed by atoms with Crippen LogP contribution in [0, 0.1) is 12.8 Å². The zero-order valence-corrected chi connectivity index (χ0v) is 11.6. The summed E-state index contributed by atoms with van der Waals surface area (Å²) in [4.78, 5) is 11.7. The fourth-order valence-corrected chi connectivity index (χ4v) is 2.47. The minimum absolute atomic E-state index is 0.211. The van der Waals surface area contributed by atoms with Crippen LogP contribution in [0.15, 0.2) is 10.6 Å². The Morgan fingerprint density at radius 2 is 2.32 bits per heavy atom. The Kier molecular flexibility index (Phi) is 4.96. The molecule has 2 rings (SSSR count). The van der Waals surface area contributed by atoms with Crippen LogP contribution in [0.3, 0.4) is 0 Å². The summed E-state index contributed by atoms with van der Waals surface area (Å²) in [6, 6.07) is 1.62. The van der Waals surface area contributed by atoms with Crippen molar-refractivity contribution in [2.75, 3.05) is 13.2 Å². The fraction of sp³-hybridized carbons (Fsp3) is 0.714. The molecule has 106 valence electrons. The first-order valence-corrected chi connectivity index (χ1v) is 7.00. The van der Waals surface area contributed by atoms with Crippen molar-refractivity contribution in [2.24, 2.45) is 5.92 Å². The second-order valence-electron chi connectivity index (χ2n) is 5.25. The summed E-state index contributed by atoms with van der Waals surface area (Å²) in [5.41, 5.74) is 0.323. The third-order valence-electron chi connectivity index (χ3n) is 3.61. The van der Waals surface area contributed by atoms with Gasteiger partial charge in [-0.3, -0.25) is 4.79 Å². The first-order valence-electron chi connectivity index (χ1n) is 7.00. The van der Waals surface area contributed by atoms with Crippen LogP contribution in [0.2, 0.25) is 0 Å². The highest BCUT2D eigenvalue weighted by molar-refractivity contribution is 5.92. The molecule has 5 heteroatoms. The van der Waals surface area contributed by atoms with E-state index in [1.165, 1.54) is 19.3 Å². The van der Waals surface area contributed by atoms with Crippen molar-refractivity contribution in [1.82, 2.24) is 10.5 Å². The van der Waals surface area contributed by atoms with Gasteiger partial charge in [-0.15, -0.1) is 0 Å². The molecule has 1 aromatic heterocycles. The third-order valence-corrected chi connectivity index (χ3v) is 3.61. The number of ether oxygens (including phenoxy) is 1. The van der Waals surface area contributed by atoms with Gasteiger partial charge in [-0.2, -0.15) is 0 Å². The number of rotatable bonds is 5. The highest BCUT2D eigenvalue weighted by atomic mass is 16.5. The average Bonchev–Trinajstić information content (AvgIpc) is 2.83. The lowest BCUT2D eigenvalue weighted by molar-refractivity contribution is -0.00296. The monoisotopic (exact) mass is 266 g/mol. The molecule has 1 aromatic rings. The van der Waals surface area contributed by atoms with Gasteiger partial charge in [0.05, 0.1) is 12.7 Å². The summed E-state index contributed by atoms with van der Waals surface area (Å²) in [5, 5.41) is 6.45. The maximum absolute atomic E-state index is 11.7. The molecule has 2 atom stereocenters. The largest absolute Gasteiger partial charge is 0.376 e. The van der Waals surface area contributed by atoms with E-state index in [1.54, 1.807) is 13.0 Å². The van der Waals surface area contributed by atoms with E-state index < -0.39 is 0 Å². The van der Waals surface area contributed by atoms with Crippen LogP contribution in [0.1, 0.15) is 48.9 Å². The molecule has 0 spiro atoms. The summed E-state index contributed by atoms with van der Waals surface area (Å²) >= 11 is 0. The highest BCUT2D eigenvalue weighted by Crippen LogP contribution is 2.25. The topological polar surface area (TPSA) is 64.4 Å². The Bertz CT molecular complexity index is 417. The second kappa shape index (κ2) is 6.70. The van der Waals surface area contributed by atoms with Gasteiger partial charge in [0, 0.05) is 12.6 Å². The predicted octanol–water partition coefficient (Wildman–Crippen LogP) is 2.31. The molecule has 0 unspecified atom stereocenters. The summed E-state index contributed by atoms with van der Waals surface area (Å²) in [6.45, 7) is 5.06. The van der Waals surface area contributed by atoms with Crippen molar-refractivity contribution in [3.63, 3.8) is 0 Å². The van der Waals surface area contributed by atoms with Crippen molar-refractivity contribution < 1.29 is 14.1 Å². The molecule has 1 saturated carbocycles. The standard InChI is InChI=1S/C14H22N2O3/c1-10-5-3-4-6-13(10)18-8-7-15-14(17)12-9-11(2)19-16-12/h9-10,13H,3-8H2,1-2H3,(H,15,17)/t10-,13+/m0/s1. The Labute approximate surface area is 113 Å². The first-order chi connectivity index (χ1) is 9.16. The van der Waals surface area contributed by atoms with Crippen LogP contribution >= 0.6 is 0 Å². The maximum atomic E-state index is 11.7. The second-order valence-corrected chi connectivity index (χ2v) is 5.25. The molecule has 19 heavy (non-hydrogen) atoms. The first kappa shape index (κ1) is 14.1. The van der Waals surface area contributed by atoms with Gasteiger partial charge in [-0.05, 0) is 25.7 Å². The highest BCUT2D eigenvalue weighted by Gasteiger charge is 2.21. The molecule has 0 aromatic carbocycles. The summed E-state index contributed by atoms with van der Waals surface area (Å²) in [5.74, 6) is 1.05. The number of carbonyl (C=O) groups is 1. The Morgan fingerprint density at radius 3 is 3.00 bits per heavy atom. The molecule has 1 aliphatic rings. The number of nitrogens with zero attached hydrogens (tertiary/aromatic N) is 1. The van der Waals surface area contributed by atoms with E-state index in [0.29, 0.717) is 36.6 Å². The Balaban J connectivity index is 1.65. The van der Waals surface area contributed by atoms with Crippen LogP contribution in [0.4, 0.5) is 0 Å². The van der Waals surface area contributed by atoms with Crippen LogP contribution in [0.5, 0.6) is 0 Å². The number of aromatic nitrogens is 1. The molecule has 0 radical (unpaired) electrons. The van der Waals surface area contributed by atoms with Gasteiger partial charge in [0.2, 0.25) is 0 Å². The number of aryl methyl sites for hydroxylation is 1. The lowest BCUT2D eigenvalue weighted by Crippen LogP contribution is -2.31. The molecular weight excluding hydrogens is 244 g/mol. The summed E-state index contributed by atoms with van der Waals surface area (Å²) < 4.78 is 10.7. The van der Waals surface area contributed by atoms with Crippen LogP contribution < -0.4 is 5.32 Å². The minimum atomic E-state index is -0.211. The smallest absolute Gasteiger partial charge is 0.273 e. The molecular formula is C14H22N2O3. The van der Waals surface area contributed by atoms with Gasteiger partial charge in [0.1, 0.15) is 5.76 Å². The van der Waals surface area contributed by atoms with Crippen LogP contribution in [0.25, 0.3) is 0 Å². The van der Waals surface area contributed by atoms with Crippen LogP contribution in [-0.4, -0.2) is 30.3 Å². The van der Waals surface area contributed by atoms with E-state index in [0.717, 1.165) is 6.42 Å². The molecule has 5 nitrogen and oxygen atoms in total. The number of hydrogen-bond donors (Lipinski definition) is 1. The number of hydrogen-bond acceptors (Lipinski definition) is 4. The zero-order chi connectivity index (χ0) is 13.7. The maximum Gasteiger partial charge on any atom is 0.273 e. The molecule has 1 amide bonds. The molecule has 0 aliphatic heterocycles. The van der Waals surface area contributed by atoms with E-state index in [2.05, 4.69) is 17.4 Å². The Hall–Kier alpha value is -1.36. The van der Waals surface area contributed by atoms with Crippen LogP contribution in [-0.2, 0) is 4.74 Å². The van der Waals surface area contributed by atoms with E-state index >= 15 is 0 Å². The van der Waals surface area contributed by atoms with Gasteiger partial charge < -0.3 is 14.6 Å². The van der Waals surface area contributed by atoms with Gasteiger partial charge in [0.25, 0.3) is 5.91 Å². The van der Waals surface area contributed by atoms with Crippen molar-refractivity contribution in [1.29, 1.82) is 0 Å². The van der Waals surface area contributed by atoms with Gasteiger partial charge in [-0.25, -0.2) is 0 Å². The molecule has 1 fully saturated rings. The minimum Gasteiger partial charge on any atom is -0.376 e. The van der Waals surface area contributed by atoms with E-state index in [-0.39, 0.29) is 5.91 Å². The molecule has 0 bridgehead atoms. The molecule has 1 aliphatic carbocycles. The van der Waals surface area contributed by atoms with E-state index in [4.69, 9.17) is 9.26 Å². The number of amides is 1. The lowest BCUT2D eigenvalue weighted by atomic mass is 9.88. The van der Waals surface area contributed by atoms with Gasteiger partial charge in [-0.1, -0.05) is 24.9 Å². The predicted molar refractivity (Wildman–Crippen MR) is 70.9 cm³/mol. The molecule has 1 heterocycles. The summed E-state index contributed by atoms with van der Waals surface area (Å²) in [7, 11) is 0. The van der Waals surface area contributed by atoms with Crippen molar-refractivity contribution in [3.8, 4) is 0 Å². The van der Waals surface area contributed by atoms with Gasteiger partial charge >= 0.3 is 0 Å². The zero-order valence-electron chi connectivity index (χ0n) is 11.6. The third kappa shape index (κ3) is 4.06. The Morgan fingerprint density at radius 1 is 1.53 bits per heavy atom. The molecule has 0 saturated heterocycles. The SMILES string of the molecule is Cc1cc(C(=O)NCCO[C@@H]2CCCC[C@@H]2C)no1. The van der Waals surface area contributed by atoms with Crippen molar-refractivity contribution in [3.05, 3.63) is 17.5 Å². The normalized spacial score (nSPS) is 23.3. The van der Waals surface area contributed by atoms with Crippen molar-refractivity contribution >= 4 is 5.91 Å². The lowest BCUT2D eigenvalue weighted by Gasteiger charge is -2.28. The fourth-order valence-electron chi connectivity index (χ4n) is 2.47. The average molecular weight is 266 g/mol. The number of nitrogens with one attached hydrogen (secondary N) is 1. The number of carbonyl (C=O) groups excluding carboxylic acids is 1. The molecule has 1 N–H and O–H groups in total. The van der Waals surface area contributed by atoms with E-state index in [9.17, 15) is 4.79 Å². The quantitative estimate of drug-likeness (QED) is 0.831. The van der Waals surface area contributed by atoms with Crippen molar-refractivity contribution in [2.45, 2.75) is 45.6 Å².